The fourth-order valence-electron chi connectivity index (χ4n) is 2.01. The van der Waals surface area contributed by atoms with Gasteiger partial charge in [0.05, 0.1) is 0 Å². The standard InChI is InChI=1S/C16H17BrO/c1-10-4-5-11(2)14(8-10)16(18)13-7-6-12(3)15(17)9-13/h4-9,16,18H,1-3H3. The lowest BCUT2D eigenvalue weighted by molar-refractivity contribution is 0.219. The van der Waals surface area contributed by atoms with Crippen LogP contribution in [0.15, 0.2) is 40.9 Å². The normalized spacial score (nSPS) is 12.5. The molecule has 0 aromatic heterocycles. The Kier molecular flexibility index (Phi) is 3.88. The van der Waals surface area contributed by atoms with Gasteiger partial charge in [0.2, 0.25) is 0 Å². The molecule has 0 radical (unpaired) electrons. The third-order valence-corrected chi connectivity index (χ3v) is 4.10. The van der Waals surface area contributed by atoms with E-state index in [4.69, 9.17) is 0 Å². The molecule has 1 atom stereocenters. The van der Waals surface area contributed by atoms with Crippen molar-refractivity contribution >= 4 is 15.9 Å². The van der Waals surface area contributed by atoms with E-state index in [1.807, 2.05) is 45.0 Å². The molecular weight excluding hydrogens is 288 g/mol. The van der Waals surface area contributed by atoms with Crippen molar-refractivity contribution in [1.82, 2.24) is 0 Å². The van der Waals surface area contributed by atoms with Gasteiger partial charge in [-0.1, -0.05) is 51.8 Å². The van der Waals surface area contributed by atoms with E-state index in [9.17, 15) is 5.11 Å². The minimum absolute atomic E-state index is 0.568. The molecule has 0 spiro atoms. The first-order valence-corrected chi connectivity index (χ1v) is 6.79. The van der Waals surface area contributed by atoms with Crippen molar-refractivity contribution in [2.75, 3.05) is 0 Å². The van der Waals surface area contributed by atoms with Gasteiger partial charge in [-0.25, -0.2) is 0 Å². The molecular formula is C16H17BrO. The maximum atomic E-state index is 10.5. The maximum Gasteiger partial charge on any atom is 0.104 e. The van der Waals surface area contributed by atoms with Gasteiger partial charge < -0.3 is 5.11 Å². The molecule has 1 nitrogen and oxygen atoms in total. The van der Waals surface area contributed by atoms with Crippen molar-refractivity contribution in [3.8, 4) is 0 Å². The zero-order valence-electron chi connectivity index (χ0n) is 10.9. The van der Waals surface area contributed by atoms with E-state index in [1.165, 1.54) is 11.1 Å². The van der Waals surface area contributed by atoms with Crippen LogP contribution in [0, 0.1) is 20.8 Å². The summed E-state index contributed by atoms with van der Waals surface area (Å²) < 4.78 is 1.03. The molecule has 0 aliphatic heterocycles. The van der Waals surface area contributed by atoms with Gasteiger partial charge in [-0.15, -0.1) is 0 Å². The molecule has 0 heterocycles. The summed E-state index contributed by atoms with van der Waals surface area (Å²) in [6, 6.07) is 12.2. The molecule has 2 aromatic rings. The molecule has 2 aromatic carbocycles. The number of aliphatic hydroxyl groups excluding tert-OH is 1. The molecule has 0 aliphatic carbocycles. The zero-order chi connectivity index (χ0) is 13.3. The van der Waals surface area contributed by atoms with Gasteiger partial charge in [-0.3, -0.25) is 0 Å². The summed E-state index contributed by atoms with van der Waals surface area (Å²) in [6.07, 6.45) is -0.568. The van der Waals surface area contributed by atoms with Crippen LogP contribution in [0.2, 0.25) is 0 Å². The molecule has 0 bridgehead atoms. The zero-order valence-corrected chi connectivity index (χ0v) is 12.5. The summed E-state index contributed by atoms with van der Waals surface area (Å²) in [7, 11) is 0. The second-order valence-corrected chi connectivity index (χ2v) is 5.63. The van der Waals surface area contributed by atoms with Gasteiger partial charge in [-0.05, 0) is 49.1 Å². The number of halogens is 1. The molecule has 1 unspecified atom stereocenters. The second-order valence-electron chi connectivity index (χ2n) is 4.77. The van der Waals surface area contributed by atoms with Crippen molar-refractivity contribution in [2.45, 2.75) is 26.9 Å². The van der Waals surface area contributed by atoms with Crippen LogP contribution in [-0.2, 0) is 0 Å². The van der Waals surface area contributed by atoms with Crippen LogP contribution in [0.25, 0.3) is 0 Å². The topological polar surface area (TPSA) is 20.2 Å². The van der Waals surface area contributed by atoms with E-state index in [0.29, 0.717) is 0 Å². The molecule has 0 aliphatic rings. The van der Waals surface area contributed by atoms with Crippen LogP contribution in [0.3, 0.4) is 0 Å². The van der Waals surface area contributed by atoms with Gasteiger partial charge in [0.15, 0.2) is 0 Å². The Morgan fingerprint density at radius 3 is 2.28 bits per heavy atom. The summed E-state index contributed by atoms with van der Waals surface area (Å²) >= 11 is 3.51. The first kappa shape index (κ1) is 13.3. The number of aliphatic hydroxyl groups is 1. The highest BCUT2D eigenvalue weighted by atomic mass is 79.9. The van der Waals surface area contributed by atoms with Crippen molar-refractivity contribution in [3.05, 3.63) is 68.7 Å². The van der Waals surface area contributed by atoms with Crippen LogP contribution in [0.4, 0.5) is 0 Å². The Morgan fingerprint density at radius 1 is 0.944 bits per heavy atom. The monoisotopic (exact) mass is 304 g/mol. The fraction of sp³-hybridized carbons (Fsp3) is 0.250. The van der Waals surface area contributed by atoms with Crippen LogP contribution in [-0.4, -0.2) is 5.11 Å². The van der Waals surface area contributed by atoms with Gasteiger partial charge in [0.1, 0.15) is 6.10 Å². The van der Waals surface area contributed by atoms with E-state index < -0.39 is 6.10 Å². The highest BCUT2D eigenvalue weighted by Gasteiger charge is 2.13. The van der Waals surface area contributed by atoms with E-state index in [2.05, 4.69) is 28.1 Å². The van der Waals surface area contributed by atoms with Gasteiger partial charge in [-0.2, -0.15) is 0 Å². The van der Waals surface area contributed by atoms with Crippen molar-refractivity contribution < 1.29 is 5.11 Å². The Balaban J connectivity index is 2.44. The summed E-state index contributed by atoms with van der Waals surface area (Å²) in [5.41, 5.74) is 5.35. The van der Waals surface area contributed by atoms with Crippen molar-refractivity contribution in [3.63, 3.8) is 0 Å². The average Bonchev–Trinajstić information content (AvgIpc) is 2.35. The highest BCUT2D eigenvalue weighted by molar-refractivity contribution is 9.10. The van der Waals surface area contributed by atoms with Crippen LogP contribution >= 0.6 is 15.9 Å². The van der Waals surface area contributed by atoms with Gasteiger partial charge >= 0.3 is 0 Å². The molecule has 2 rings (SSSR count). The fourth-order valence-corrected chi connectivity index (χ4v) is 2.41. The lowest BCUT2D eigenvalue weighted by Crippen LogP contribution is -2.02. The predicted octanol–water partition coefficient (Wildman–Crippen LogP) is 4.46. The van der Waals surface area contributed by atoms with Crippen LogP contribution in [0.1, 0.15) is 33.9 Å². The Bertz CT molecular complexity index is 575. The SMILES string of the molecule is Cc1ccc(C)c(C(O)c2ccc(C)c(Br)c2)c1. The average molecular weight is 305 g/mol. The third kappa shape index (κ3) is 2.65. The largest absolute Gasteiger partial charge is 0.384 e. The van der Waals surface area contributed by atoms with Gasteiger partial charge in [0.25, 0.3) is 0 Å². The molecule has 0 amide bonds. The molecule has 0 fully saturated rings. The Labute approximate surface area is 117 Å². The van der Waals surface area contributed by atoms with E-state index in [1.54, 1.807) is 0 Å². The van der Waals surface area contributed by atoms with Crippen LogP contribution < -0.4 is 0 Å². The number of aryl methyl sites for hydroxylation is 3. The first-order valence-electron chi connectivity index (χ1n) is 6.00. The summed E-state index contributed by atoms with van der Waals surface area (Å²) in [6.45, 7) is 6.11. The highest BCUT2D eigenvalue weighted by Crippen LogP contribution is 2.28. The minimum Gasteiger partial charge on any atom is -0.384 e. The summed E-state index contributed by atoms with van der Waals surface area (Å²) in [5.74, 6) is 0. The third-order valence-electron chi connectivity index (χ3n) is 3.24. The van der Waals surface area contributed by atoms with Crippen molar-refractivity contribution in [2.24, 2.45) is 0 Å². The van der Waals surface area contributed by atoms with E-state index >= 15 is 0 Å². The lowest BCUT2D eigenvalue weighted by atomic mass is 9.95. The molecule has 2 heteroatoms. The van der Waals surface area contributed by atoms with Crippen molar-refractivity contribution in [1.29, 1.82) is 0 Å². The molecule has 0 saturated heterocycles. The number of benzene rings is 2. The molecule has 1 N–H and O–H groups in total. The molecule has 94 valence electrons. The number of hydrogen-bond donors (Lipinski definition) is 1. The number of rotatable bonds is 2. The van der Waals surface area contributed by atoms with E-state index in [0.717, 1.165) is 21.2 Å². The smallest absolute Gasteiger partial charge is 0.104 e. The second kappa shape index (κ2) is 5.25. The maximum absolute atomic E-state index is 10.5. The first-order chi connectivity index (χ1) is 8.49. The van der Waals surface area contributed by atoms with E-state index in [-0.39, 0.29) is 0 Å². The Hall–Kier alpha value is -1.12. The Morgan fingerprint density at radius 2 is 1.61 bits per heavy atom. The molecule has 0 saturated carbocycles. The predicted molar refractivity (Wildman–Crippen MR) is 78.9 cm³/mol. The molecule has 18 heavy (non-hydrogen) atoms. The number of hydrogen-bond acceptors (Lipinski definition) is 1. The minimum atomic E-state index is -0.568. The lowest BCUT2D eigenvalue weighted by Gasteiger charge is -2.16. The summed E-state index contributed by atoms with van der Waals surface area (Å²) in [5, 5.41) is 10.5. The summed E-state index contributed by atoms with van der Waals surface area (Å²) in [4.78, 5) is 0. The van der Waals surface area contributed by atoms with Crippen LogP contribution in [0.5, 0.6) is 0 Å². The quantitative estimate of drug-likeness (QED) is 0.868. The van der Waals surface area contributed by atoms with Gasteiger partial charge in [0, 0.05) is 4.47 Å².